The van der Waals surface area contributed by atoms with Gasteiger partial charge < -0.3 is 0 Å². The van der Waals surface area contributed by atoms with Crippen LogP contribution in [0, 0.1) is 6.92 Å². The van der Waals surface area contributed by atoms with E-state index in [0.717, 1.165) is 5.69 Å². The van der Waals surface area contributed by atoms with Crippen molar-refractivity contribution >= 4 is 10.0 Å². The third kappa shape index (κ3) is 3.04. The van der Waals surface area contributed by atoms with Crippen molar-refractivity contribution in [1.82, 2.24) is 10.2 Å². The standard InChI is InChI=1S/C8H13N3O2S/c1-6-3-4-8(11-10-6)5-7(2)14(9,12)13/h3-4,7H,5H2,1-2H3,(H2,9,12,13)/t7-/m0/s1. The number of nitrogens with two attached hydrogens (primary N) is 1. The van der Waals surface area contributed by atoms with Crippen LogP contribution in [-0.2, 0) is 16.4 Å². The number of sulfonamides is 1. The van der Waals surface area contributed by atoms with Crippen LogP contribution in [0.4, 0.5) is 0 Å². The molecule has 1 atom stereocenters. The van der Waals surface area contributed by atoms with Gasteiger partial charge in [0.25, 0.3) is 0 Å². The summed E-state index contributed by atoms with van der Waals surface area (Å²) in [6.45, 7) is 3.37. The quantitative estimate of drug-likeness (QED) is 0.769. The molecular formula is C8H13N3O2S. The Balaban J connectivity index is 2.75. The molecule has 0 aliphatic rings. The van der Waals surface area contributed by atoms with Gasteiger partial charge in [-0.25, -0.2) is 13.6 Å². The summed E-state index contributed by atoms with van der Waals surface area (Å²) in [5, 5.41) is 12.0. The molecule has 0 unspecified atom stereocenters. The Hall–Kier alpha value is -1.01. The first-order chi connectivity index (χ1) is 6.39. The van der Waals surface area contributed by atoms with E-state index in [1.807, 2.05) is 6.92 Å². The SMILES string of the molecule is Cc1ccc(C[C@H](C)S(N)(=O)=O)nn1. The van der Waals surface area contributed by atoms with Gasteiger partial charge in [0.15, 0.2) is 0 Å². The van der Waals surface area contributed by atoms with E-state index in [2.05, 4.69) is 10.2 Å². The summed E-state index contributed by atoms with van der Waals surface area (Å²) in [6.07, 6.45) is 0.298. The van der Waals surface area contributed by atoms with Crippen molar-refractivity contribution < 1.29 is 8.42 Å². The second-order valence-electron chi connectivity index (χ2n) is 3.27. The fourth-order valence-electron chi connectivity index (χ4n) is 0.946. The topological polar surface area (TPSA) is 85.9 Å². The molecule has 0 bridgehead atoms. The van der Waals surface area contributed by atoms with E-state index in [0.29, 0.717) is 12.1 Å². The van der Waals surface area contributed by atoms with Crippen LogP contribution < -0.4 is 5.14 Å². The summed E-state index contributed by atoms with van der Waals surface area (Å²) in [5.74, 6) is 0. The third-order valence-corrected chi connectivity index (χ3v) is 3.20. The number of nitrogens with zero attached hydrogens (tertiary/aromatic N) is 2. The normalized spacial score (nSPS) is 13.9. The highest BCUT2D eigenvalue weighted by Gasteiger charge is 2.16. The number of primary sulfonamides is 1. The molecule has 1 heterocycles. The van der Waals surface area contributed by atoms with E-state index in [9.17, 15) is 8.42 Å². The van der Waals surface area contributed by atoms with Crippen molar-refractivity contribution in [3.8, 4) is 0 Å². The van der Waals surface area contributed by atoms with Crippen molar-refractivity contribution in [3.05, 3.63) is 23.5 Å². The number of aromatic nitrogens is 2. The second-order valence-corrected chi connectivity index (χ2v) is 5.25. The van der Waals surface area contributed by atoms with Gasteiger partial charge in [-0.3, -0.25) is 0 Å². The van der Waals surface area contributed by atoms with Crippen molar-refractivity contribution in [3.63, 3.8) is 0 Å². The monoisotopic (exact) mass is 215 g/mol. The Labute approximate surface area is 83.4 Å². The molecule has 14 heavy (non-hydrogen) atoms. The number of aryl methyl sites for hydroxylation is 1. The highest BCUT2D eigenvalue weighted by Crippen LogP contribution is 2.04. The molecule has 5 nitrogen and oxygen atoms in total. The van der Waals surface area contributed by atoms with Crippen LogP contribution in [0.25, 0.3) is 0 Å². The van der Waals surface area contributed by atoms with Gasteiger partial charge in [-0.1, -0.05) is 0 Å². The molecule has 0 fully saturated rings. The summed E-state index contributed by atoms with van der Waals surface area (Å²) < 4.78 is 21.9. The maximum atomic E-state index is 10.9. The molecule has 0 saturated heterocycles. The molecule has 2 N–H and O–H groups in total. The van der Waals surface area contributed by atoms with Gasteiger partial charge in [0.2, 0.25) is 10.0 Å². The average molecular weight is 215 g/mol. The van der Waals surface area contributed by atoms with Crippen molar-refractivity contribution in [2.45, 2.75) is 25.5 Å². The molecule has 1 aromatic heterocycles. The highest BCUT2D eigenvalue weighted by molar-refractivity contribution is 7.89. The van der Waals surface area contributed by atoms with Gasteiger partial charge in [-0.15, -0.1) is 0 Å². The van der Waals surface area contributed by atoms with Crippen molar-refractivity contribution in [2.75, 3.05) is 0 Å². The van der Waals surface area contributed by atoms with Crippen LogP contribution in [0.5, 0.6) is 0 Å². The van der Waals surface area contributed by atoms with Gasteiger partial charge >= 0.3 is 0 Å². The molecule has 0 aromatic carbocycles. The van der Waals surface area contributed by atoms with E-state index in [1.54, 1.807) is 19.1 Å². The van der Waals surface area contributed by atoms with E-state index < -0.39 is 15.3 Å². The molecule has 0 amide bonds. The first kappa shape index (κ1) is 11.1. The van der Waals surface area contributed by atoms with Gasteiger partial charge in [0.05, 0.1) is 16.6 Å². The van der Waals surface area contributed by atoms with Gasteiger partial charge in [0.1, 0.15) is 0 Å². The van der Waals surface area contributed by atoms with E-state index in [-0.39, 0.29) is 0 Å². The Morgan fingerprint density at radius 3 is 2.50 bits per heavy atom. The molecular weight excluding hydrogens is 202 g/mol. The molecule has 0 aliphatic heterocycles. The maximum absolute atomic E-state index is 10.9. The zero-order valence-corrected chi connectivity index (χ0v) is 8.95. The predicted octanol–water partition coefficient (Wildman–Crippen LogP) is 0.00452. The average Bonchev–Trinajstić information content (AvgIpc) is 2.07. The summed E-state index contributed by atoms with van der Waals surface area (Å²) >= 11 is 0. The van der Waals surface area contributed by atoms with E-state index in [4.69, 9.17) is 5.14 Å². The molecule has 78 valence electrons. The van der Waals surface area contributed by atoms with Crippen LogP contribution in [0.1, 0.15) is 18.3 Å². The summed E-state index contributed by atoms with van der Waals surface area (Å²) in [6, 6.07) is 3.54. The smallest absolute Gasteiger partial charge is 0.212 e. The van der Waals surface area contributed by atoms with Crippen LogP contribution in [0.3, 0.4) is 0 Å². The van der Waals surface area contributed by atoms with Crippen LogP contribution in [0.2, 0.25) is 0 Å². The van der Waals surface area contributed by atoms with Crippen LogP contribution in [-0.4, -0.2) is 23.9 Å². The van der Waals surface area contributed by atoms with Crippen LogP contribution in [0.15, 0.2) is 12.1 Å². The maximum Gasteiger partial charge on any atom is 0.212 e. The van der Waals surface area contributed by atoms with E-state index in [1.165, 1.54) is 0 Å². The molecule has 0 aliphatic carbocycles. The molecule has 0 spiro atoms. The van der Waals surface area contributed by atoms with Crippen LogP contribution >= 0.6 is 0 Å². The zero-order chi connectivity index (χ0) is 10.8. The van der Waals surface area contributed by atoms with Crippen molar-refractivity contribution in [2.24, 2.45) is 5.14 Å². The molecule has 0 radical (unpaired) electrons. The zero-order valence-electron chi connectivity index (χ0n) is 8.14. The number of hydrogen-bond acceptors (Lipinski definition) is 4. The predicted molar refractivity (Wildman–Crippen MR) is 53.0 cm³/mol. The first-order valence-corrected chi connectivity index (χ1v) is 5.81. The van der Waals surface area contributed by atoms with E-state index >= 15 is 0 Å². The second kappa shape index (κ2) is 4.02. The van der Waals surface area contributed by atoms with Crippen molar-refractivity contribution in [1.29, 1.82) is 0 Å². The Kier molecular flexibility index (Phi) is 3.17. The lowest BCUT2D eigenvalue weighted by Gasteiger charge is -2.07. The summed E-state index contributed by atoms with van der Waals surface area (Å²) in [4.78, 5) is 0. The summed E-state index contributed by atoms with van der Waals surface area (Å²) in [5.41, 5.74) is 1.44. The number of hydrogen-bond donors (Lipinski definition) is 1. The third-order valence-electron chi connectivity index (χ3n) is 1.91. The lowest BCUT2D eigenvalue weighted by atomic mass is 10.2. The molecule has 6 heteroatoms. The molecule has 1 rings (SSSR count). The minimum Gasteiger partial charge on any atom is -0.228 e. The first-order valence-electron chi connectivity index (χ1n) is 4.20. The summed E-state index contributed by atoms with van der Waals surface area (Å²) in [7, 11) is -3.48. The van der Waals surface area contributed by atoms with Gasteiger partial charge in [-0.05, 0) is 26.0 Å². The Morgan fingerprint density at radius 1 is 1.43 bits per heavy atom. The fraction of sp³-hybridized carbons (Fsp3) is 0.500. The minimum atomic E-state index is -3.48. The Morgan fingerprint density at radius 2 is 2.07 bits per heavy atom. The highest BCUT2D eigenvalue weighted by atomic mass is 32.2. The molecule has 1 aromatic rings. The molecule has 0 saturated carbocycles. The van der Waals surface area contributed by atoms with Gasteiger partial charge in [0, 0.05) is 6.42 Å². The largest absolute Gasteiger partial charge is 0.228 e. The lowest BCUT2D eigenvalue weighted by Crippen LogP contribution is -2.28. The lowest BCUT2D eigenvalue weighted by molar-refractivity contribution is 0.583. The fourth-order valence-corrected chi connectivity index (χ4v) is 1.35. The number of rotatable bonds is 3. The van der Waals surface area contributed by atoms with Gasteiger partial charge in [-0.2, -0.15) is 10.2 Å². The minimum absolute atomic E-state index is 0.298. The Bertz CT molecular complexity index is 399.